The minimum absolute atomic E-state index is 0.0431. The SMILES string of the molecule is CCCNC(c1nccn1C)c1cnnn1CCC. The molecule has 0 fully saturated rings. The Labute approximate surface area is 113 Å². The fourth-order valence-electron chi connectivity index (χ4n) is 2.15. The highest BCUT2D eigenvalue weighted by Crippen LogP contribution is 2.19. The van der Waals surface area contributed by atoms with Gasteiger partial charge in [0.15, 0.2) is 0 Å². The van der Waals surface area contributed by atoms with Crippen LogP contribution in [0.15, 0.2) is 18.6 Å². The van der Waals surface area contributed by atoms with E-state index >= 15 is 0 Å². The third kappa shape index (κ3) is 3.01. The quantitative estimate of drug-likeness (QED) is 0.821. The Morgan fingerprint density at radius 1 is 1.32 bits per heavy atom. The minimum atomic E-state index is 0.0431. The molecule has 2 heterocycles. The predicted molar refractivity (Wildman–Crippen MR) is 73.7 cm³/mol. The van der Waals surface area contributed by atoms with Crippen molar-refractivity contribution in [1.29, 1.82) is 0 Å². The molecule has 104 valence electrons. The molecule has 0 amide bonds. The summed E-state index contributed by atoms with van der Waals surface area (Å²) in [4.78, 5) is 4.46. The van der Waals surface area contributed by atoms with E-state index < -0.39 is 0 Å². The Morgan fingerprint density at radius 2 is 2.16 bits per heavy atom. The predicted octanol–water partition coefficient (Wildman–Crippen LogP) is 1.51. The molecule has 1 N–H and O–H groups in total. The Balaban J connectivity index is 2.31. The lowest BCUT2D eigenvalue weighted by atomic mass is 10.2. The first-order valence-electron chi connectivity index (χ1n) is 6.86. The fourth-order valence-corrected chi connectivity index (χ4v) is 2.15. The summed E-state index contributed by atoms with van der Waals surface area (Å²) in [5.74, 6) is 0.994. The van der Waals surface area contributed by atoms with Crippen LogP contribution in [0.2, 0.25) is 0 Å². The second kappa shape index (κ2) is 6.47. The average Bonchev–Trinajstić information content (AvgIpc) is 3.01. The van der Waals surface area contributed by atoms with Crippen LogP contribution in [0.25, 0.3) is 0 Å². The summed E-state index contributed by atoms with van der Waals surface area (Å²) >= 11 is 0. The van der Waals surface area contributed by atoms with Crippen LogP contribution in [0, 0.1) is 0 Å². The number of aromatic nitrogens is 5. The zero-order valence-electron chi connectivity index (χ0n) is 11.9. The van der Waals surface area contributed by atoms with Gasteiger partial charge in [-0.25, -0.2) is 9.67 Å². The first-order chi connectivity index (χ1) is 9.27. The van der Waals surface area contributed by atoms with E-state index in [4.69, 9.17) is 0 Å². The first kappa shape index (κ1) is 13.7. The van der Waals surface area contributed by atoms with E-state index in [0.717, 1.165) is 37.4 Å². The molecule has 0 saturated heterocycles. The van der Waals surface area contributed by atoms with Gasteiger partial charge in [-0.15, -0.1) is 5.10 Å². The summed E-state index contributed by atoms with van der Waals surface area (Å²) in [6, 6.07) is 0.0431. The molecule has 0 radical (unpaired) electrons. The summed E-state index contributed by atoms with van der Waals surface area (Å²) in [5.41, 5.74) is 1.07. The molecule has 0 aliphatic carbocycles. The lowest BCUT2D eigenvalue weighted by Gasteiger charge is -2.18. The van der Waals surface area contributed by atoms with Crippen molar-refractivity contribution in [3.63, 3.8) is 0 Å². The fraction of sp³-hybridized carbons (Fsp3) is 0.615. The molecular weight excluding hydrogens is 240 g/mol. The molecule has 0 aromatic carbocycles. The number of hydrogen-bond acceptors (Lipinski definition) is 4. The van der Waals surface area contributed by atoms with Crippen molar-refractivity contribution in [2.24, 2.45) is 7.05 Å². The Hall–Kier alpha value is -1.69. The number of imidazole rings is 1. The lowest BCUT2D eigenvalue weighted by molar-refractivity contribution is 0.485. The van der Waals surface area contributed by atoms with Gasteiger partial charge in [-0.05, 0) is 19.4 Å². The van der Waals surface area contributed by atoms with E-state index in [2.05, 4.69) is 34.5 Å². The van der Waals surface area contributed by atoms with Crippen LogP contribution < -0.4 is 5.32 Å². The number of nitrogens with zero attached hydrogens (tertiary/aromatic N) is 5. The van der Waals surface area contributed by atoms with Crippen molar-refractivity contribution in [3.8, 4) is 0 Å². The van der Waals surface area contributed by atoms with E-state index in [0.29, 0.717) is 0 Å². The van der Waals surface area contributed by atoms with Gasteiger partial charge in [-0.3, -0.25) is 0 Å². The van der Waals surface area contributed by atoms with Crippen LogP contribution >= 0.6 is 0 Å². The molecule has 0 bridgehead atoms. The molecule has 0 aliphatic rings. The largest absolute Gasteiger partial charge is 0.336 e. The van der Waals surface area contributed by atoms with E-state index in [1.54, 1.807) is 0 Å². The van der Waals surface area contributed by atoms with Gasteiger partial charge in [0.1, 0.15) is 11.9 Å². The number of rotatable bonds is 7. The minimum Gasteiger partial charge on any atom is -0.336 e. The van der Waals surface area contributed by atoms with Crippen LogP contribution in [0.3, 0.4) is 0 Å². The van der Waals surface area contributed by atoms with Gasteiger partial charge in [0.2, 0.25) is 0 Å². The van der Waals surface area contributed by atoms with Gasteiger partial charge < -0.3 is 9.88 Å². The van der Waals surface area contributed by atoms with Gasteiger partial charge in [0.05, 0.1) is 11.9 Å². The molecule has 0 spiro atoms. The van der Waals surface area contributed by atoms with Crippen molar-refractivity contribution < 1.29 is 0 Å². The van der Waals surface area contributed by atoms with Gasteiger partial charge in [-0.1, -0.05) is 19.1 Å². The molecule has 6 heteroatoms. The molecule has 1 atom stereocenters. The molecule has 0 saturated carbocycles. The topological polar surface area (TPSA) is 60.6 Å². The van der Waals surface area contributed by atoms with E-state index in [1.165, 1.54) is 0 Å². The summed E-state index contributed by atoms with van der Waals surface area (Å²) in [7, 11) is 2.01. The zero-order chi connectivity index (χ0) is 13.7. The van der Waals surface area contributed by atoms with E-state index in [9.17, 15) is 0 Å². The molecule has 2 aromatic rings. The molecular formula is C13H22N6. The smallest absolute Gasteiger partial charge is 0.131 e. The molecule has 2 rings (SSSR count). The Morgan fingerprint density at radius 3 is 2.79 bits per heavy atom. The number of aryl methyl sites for hydroxylation is 2. The monoisotopic (exact) mass is 262 g/mol. The normalized spacial score (nSPS) is 12.8. The second-order valence-electron chi connectivity index (χ2n) is 4.67. The van der Waals surface area contributed by atoms with Crippen LogP contribution in [0.1, 0.15) is 44.2 Å². The second-order valence-corrected chi connectivity index (χ2v) is 4.67. The van der Waals surface area contributed by atoms with Gasteiger partial charge in [0, 0.05) is 26.0 Å². The Kier molecular flexibility index (Phi) is 4.68. The first-order valence-corrected chi connectivity index (χ1v) is 6.86. The van der Waals surface area contributed by atoms with Crippen molar-refractivity contribution >= 4 is 0 Å². The van der Waals surface area contributed by atoms with Gasteiger partial charge in [-0.2, -0.15) is 0 Å². The highest BCUT2D eigenvalue weighted by atomic mass is 15.4. The highest BCUT2D eigenvalue weighted by molar-refractivity contribution is 5.15. The van der Waals surface area contributed by atoms with Gasteiger partial charge >= 0.3 is 0 Å². The summed E-state index contributed by atoms with van der Waals surface area (Å²) in [6.45, 7) is 6.11. The van der Waals surface area contributed by atoms with Crippen molar-refractivity contribution in [2.45, 2.75) is 39.3 Å². The Bertz CT molecular complexity index is 501. The van der Waals surface area contributed by atoms with Crippen LogP contribution in [0.4, 0.5) is 0 Å². The van der Waals surface area contributed by atoms with E-state index in [1.807, 2.05) is 34.9 Å². The molecule has 2 aromatic heterocycles. The third-order valence-corrected chi connectivity index (χ3v) is 3.09. The maximum absolute atomic E-state index is 4.46. The molecule has 19 heavy (non-hydrogen) atoms. The third-order valence-electron chi connectivity index (χ3n) is 3.09. The lowest BCUT2D eigenvalue weighted by Crippen LogP contribution is -2.28. The summed E-state index contributed by atoms with van der Waals surface area (Å²) < 4.78 is 4.00. The molecule has 1 unspecified atom stereocenters. The van der Waals surface area contributed by atoms with Crippen molar-refractivity contribution in [2.75, 3.05) is 6.54 Å². The standard InChI is InChI=1S/C13H22N6/c1-4-6-14-12(13-15-7-9-18(13)3)11-10-16-17-19(11)8-5-2/h7,9-10,12,14H,4-6,8H2,1-3H3. The number of nitrogens with one attached hydrogen (secondary N) is 1. The average molecular weight is 262 g/mol. The van der Waals surface area contributed by atoms with Crippen molar-refractivity contribution in [1.82, 2.24) is 29.9 Å². The zero-order valence-corrected chi connectivity index (χ0v) is 11.9. The van der Waals surface area contributed by atoms with Crippen LogP contribution in [0.5, 0.6) is 0 Å². The molecule has 6 nitrogen and oxygen atoms in total. The molecule has 0 aliphatic heterocycles. The number of hydrogen-bond donors (Lipinski definition) is 1. The van der Waals surface area contributed by atoms with Gasteiger partial charge in [0.25, 0.3) is 0 Å². The van der Waals surface area contributed by atoms with Crippen LogP contribution in [-0.2, 0) is 13.6 Å². The summed E-state index contributed by atoms with van der Waals surface area (Å²) in [5, 5.41) is 11.7. The maximum atomic E-state index is 4.46. The summed E-state index contributed by atoms with van der Waals surface area (Å²) in [6.07, 6.45) is 7.74. The maximum Gasteiger partial charge on any atom is 0.131 e. The van der Waals surface area contributed by atoms with Crippen molar-refractivity contribution in [3.05, 3.63) is 30.1 Å². The van der Waals surface area contributed by atoms with E-state index in [-0.39, 0.29) is 6.04 Å². The van der Waals surface area contributed by atoms with Crippen LogP contribution in [-0.4, -0.2) is 31.1 Å². The highest BCUT2D eigenvalue weighted by Gasteiger charge is 2.21.